The first-order chi connectivity index (χ1) is 12.8. The lowest BCUT2D eigenvalue weighted by Gasteiger charge is -2.28. The molecular formula is C21H26N2O3S. The lowest BCUT2D eigenvalue weighted by molar-refractivity contribution is -0.125. The van der Waals surface area contributed by atoms with Gasteiger partial charge in [0.25, 0.3) is 0 Å². The van der Waals surface area contributed by atoms with E-state index in [-0.39, 0.29) is 11.9 Å². The van der Waals surface area contributed by atoms with Crippen LogP contribution in [0.5, 0.6) is 0 Å². The van der Waals surface area contributed by atoms with Crippen LogP contribution < -0.4 is 5.32 Å². The number of amides is 2. The minimum absolute atomic E-state index is 0.147. The van der Waals surface area contributed by atoms with Crippen molar-refractivity contribution in [3.05, 3.63) is 48.0 Å². The van der Waals surface area contributed by atoms with Gasteiger partial charge in [-0.3, -0.25) is 9.69 Å². The van der Waals surface area contributed by atoms with Crippen molar-refractivity contribution in [2.75, 3.05) is 11.6 Å². The third-order valence-corrected chi connectivity index (χ3v) is 5.47. The predicted octanol–water partition coefficient (Wildman–Crippen LogP) is 4.33. The van der Waals surface area contributed by atoms with Gasteiger partial charge in [0.05, 0.1) is 11.9 Å². The molecule has 0 saturated carbocycles. The third-order valence-electron chi connectivity index (χ3n) is 4.46. The summed E-state index contributed by atoms with van der Waals surface area (Å²) < 4.78 is 5.44. The van der Waals surface area contributed by atoms with E-state index in [0.717, 1.165) is 16.3 Å². The summed E-state index contributed by atoms with van der Waals surface area (Å²) in [6.45, 7) is 7.45. The molecule has 2 aromatic carbocycles. The average Bonchev–Trinajstić information content (AvgIpc) is 3.10. The molecule has 1 aliphatic heterocycles. The van der Waals surface area contributed by atoms with Gasteiger partial charge in [-0.2, -0.15) is 0 Å². The van der Waals surface area contributed by atoms with Crippen LogP contribution in [0.1, 0.15) is 39.3 Å². The van der Waals surface area contributed by atoms with E-state index in [2.05, 4.69) is 23.5 Å². The topological polar surface area (TPSA) is 58.6 Å². The third kappa shape index (κ3) is 4.56. The van der Waals surface area contributed by atoms with Crippen LogP contribution in [0.3, 0.4) is 0 Å². The molecular weight excluding hydrogens is 360 g/mol. The molecule has 1 heterocycles. The van der Waals surface area contributed by atoms with Gasteiger partial charge < -0.3 is 10.1 Å². The summed E-state index contributed by atoms with van der Waals surface area (Å²) in [6, 6.07) is 13.5. The Balaban J connectivity index is 1.73. The summed E-state index contributed by atoms with van der Waals surface area (Å²) >= 11 is 1.56. The van der Waals surface area contributed by atoms with E-state index < -0.39 is 17.7 Å². The molecule has 2 unspecified atom stereocenters. The van der Waals surface area contributed by atoms with Gasteiger partial charge in [-0.05, 0) is 44.0 Å². The van der Waals surface area contributed by atoms with E-state index in [4.69, 9.17) is 4.74 Å². The smallest absolute Gasteiger partial charge is 0.411 e. The van der Waals surface area contributed by atoms with E-state index in [1.807, 2.05) is 52.0 Å². The molecule has 1 N–H and O–H groups in total. The van der Waals surface area contributed by atoms with Gasteiger partial charge in [-0.15, -0.1) is 11.8 Å². The summed E-state index contributed by atoms with van der Waals surface area (Å²) in [5, 5.41) is 5.34. The number of hydrogen-bond donors (Lipinski definition) is 1. The summed E-state index contributed by atoms with van der Waals surface area (Å²) in [4.78, 5) is 26.8. The maximum absolute atomic E-state index is 12.9. The quantitative estimate of drug-likeness (QED) is 0.853. The second kappa shape index (κ2) is 7.80. The van der Waals surface area contributed by atoms with Crippen molar-refractivity contribution < 1.29 is 14.3 Å². The standard InChI is InChI=1S/C21H26N2O3S/c1-14(16-11-7-9-15-8-5-6-10-17(15)16)22-19(24)18-12-27-13-23(18)20(25)26-21(2,3)4/h5-11,14,18H,12-13H2,1-4H3,(H,22,24). The molecule has 0 aromatic heterocycles. The minimum Gasteiger partial charge on any atom is -0.444 e. The van der Waals surface area contributed by atoms with Crippen molar-refractivity contribution in [1.29, 1.82) is 0 Å². The van der Waals surface area contributed by atoms with Gasteiger partial charge in [-0.1, -0.05) is 42.5 Å². The Hall–Kier alpha value is -2.21. The first-order valence-electron chi connectivity index (χ1n) is 9.11. The number of fused-ring (bicyclic) bond motifs is 1. The molecule has 0 bridgehead atoms. The largest absolute Gasteiger partial charge is 0.444 e. The van der Waals surface area contributed by atoms with Gasteiger partial charge in [0.2, 0.25) is 5.91 Å². The first-order valence-corrected chi connectivity index (χ1v) is 10.3. The summed E-state index contributed by atoms with van der Waals surface area (Å²) in [5.41, 5.74) is 0.484. The summed E-state index contributed by atoms with van der Waals surface area (Å²) in [7, 11) is 0. The maximum atomic E-state index is 12.9. The van der Waals surface area contributed by atoms with Crippen LogP contribution in [0, 0.1) is 0 Å². The Morgan fingerprint density at radius 2 is 1.89 bits per heavy atom. The lowest BCUT2D eigenvalue weighted by Crippen LogP contribution is -2.49. The normalized spacial score (nSPS) is 18.4. The maximum Gasteiger partial charge on any atom is 0.411 e. The van der Waals surface area contributed by atoms with E-state index >= 15 is 0 Å². The molecule has 3 rings (SSSR count). The Morgan fingerprint density at radius 3 is 2.63 bits per heavy atom. The predicted molar refractivity (Wildman–Crippen MR) is 110 cm³/mol. The Bertz CT molecular complexity index is 841. The second-order valence-corrected chi connectivity index (χ2v) is 8.76. The fraction of sp³-hybridized carbons (Fsp3) is 0.429. The molecule has 2 atom stereocenters. The zero-order chi connectivity index (χ0) is 19.6. The van der Waals surface area contributed by atoms with Crippen LogP contribution in [-0.2, 0) is 9.53 Å². The number of rotatable bonds is 3. The van der Waals surface area contributed by atoms with Crippen molar-refractivity contribution in [1.82, 2.24) is 10.2 Å². The fourth-order valence-electron chi connectivity index (χ4n) is 3.18. The Morgan fingerprint density at radius 1 is 1.19 bits per heavy atom. The molecule has 6 heteroatoms. The highest BCUT2D eigenvalue weighted by molar-refractivity contribution is 7.99. The van der Waals surface area contributed by atoms with Crippen LogP contribution in [-0.4, -0.2) is 40.2 Å². The zero-order valence-corrected chi connectivity index (χ0v) is 17.0. The molecule has 5 nitrogen and oxygen atoms in total. The highest BCUT2D eigenvalue weighted by Crippen LogP contribution is 2.27. The van der Waals surface area contributed by atoms with Gasteiger partial charge in [-0.25, -0.2) is 4.79 Å². The number of ether oxygens (including phenoxy) is 1. The minimum atomic E-state index is -0.582. The number of carbonyl (C=O) groups is 2. The zero-order valence-electron chi connectivity index (χ0n) is 16.2. The first kappa shape index (κ1) is 19.5. The summed E-state index contributed by atoms with van der Waals surface area (Å²) in [5.74, 6) is 0.898. The SMILES string of the molecule is CC(NC(=O)C1CSCN1C(=O)OC(C)(C)C)c1cccc2ccccc12. The molecule has 0 spiro atoms. The van der Waals surface area contributed by atoms with Crippen LogP contribution in [0.2, 0.25) is 0 Å². The highest BCUT2D eigenvalue weighted by Gasteiger charge is 2.37. The molecule has 0 radical (unpaired) electrons. The molecule has 144 valence electrons. The number of hydrogen-bond acceptors (Lipinski definition) is 4. The van der Waals surface area contributed by atoms with Gasteiger partial charge in [0.1, 0.15) is 11.6 Å². The number of carbonyl (C=O) groups excluding carboxylic acids is 2. The van der Waals surface area contributed by atoms with Crippen LogP contribution >= 0.6 is 11.8 Å². The van der Waals surface area contributed by atoms with E-state index in [9.17, 15) is 9.59 Å². The van der Waals surface area contributed by atoms with Crippen molar-refractivity contribution in [2.24, 2.45) is 0 Å². The van der Waals surface area contributed by atoms with Gasteiger partial charge >= 0.3 is 6.09 Å². The van der Waals surface area contributed by atoms with Gasteiger partial charge in [0.15, 0.2) is 0 Å². The Labute approximate surface area is 164 Å². The molecule has 1 saturated heterocycles. The molecule has 2 amide bonds. The molecule has 1 aliphatic rings. The van der Waals surface area contributed by atoms with E-state index in [1.165, 1.54) is 4.90 Å². The molecule has 2 aromatic rings. The van der Waals surface area contributed by atoms with Crippen molar-refractivity contribution in [2.45, 2.75) is 45.4 Å². The van der Waals surface area contributed by atoms with Crippen molar-refractivity contribution in [3.63, 3.8) is 0 Å². The van der Waals surface area contributed by atoms with Crippen LogP contribution in [0.15, 0.2) is 42.5 Å². The second-order valence-electron chi connectivity index (χ2n) is 7.76. The summed E-state index contributed by atoms with van der Waals surface area (Å²) in [6.07, 6.45) is -0.439. The van der Waals surface area contributed by atoms with E-state index in [0.29, 0.717) is 11.6 Å². The van der Waals surface area contributed by atoms with Crippen molar-refractivity contribution in [3.8, 4) is 0 Å². The van der Waals surface area contributed by atoms with Gasteiger partial charge in [0, 0.05) is 5.75 Å². The van der Waals surface area contributed by atoms with Crippen LogP contribution in [0.25, 0.3) is 10.8 Å². The van der Waals surface area contributed by atoms with E-state index in [1.54, 1.807) is 11.8 Å². The fourth-order valence-corrected chi connectivity index (χ4v) is 4.32. The average molecular weight is 387 g/mol. The van der Waals surface area contributed by atoms with Crippen molar-refractivity contribution >= 4 is 34.5 Å². The number of thioether (sulfide) groups is 1. The number of benzene rings is 2. The number of nitrogens with one attached hydrogen (secondary N) is 1. The molecule has 0 aliphatic carbocycles. The highest BCUT2D eigenvalue weighted by atomic mass is 32.2. The number of nitrogens with zero attached hydrogens (tertiary/aromatic N) is 1. The van der Waals surface area contributed by atoms with Crippen LogP contribution in [0.4, 0.5) is 4.79 Å². The monoisotopic (exact) mass is 386 g/mol. The Kier molecular flexibility index (Phi) is 5.65. The lowest BCUT2D eigenvalue weighted by atomic mass is 9.99. The molecule has 1 fully saturated rings. The molecule has 27 heavy (non-hydrogen) atoms.